The molecule has 0 fully saturated rings. The van der Waals surface area contributed by atoms with Gasteiger partial charge in [-0.3, -0.25) is 9.59 Å². The van der Waals surface area contributed by atoms with Crippen LogP contribution >= 0.6 is 0 Å². The van der Waals surface area contributed by atoms with Crippen LogP contribution in [-0.4, -0.2) is 40.0 Å². The number of hydrogen-bond donors (Lipinski definition) is 3. The molecule has 0 spiro atoms. The van der Waals surface area contributed by atoms with Crippen molar-refractivity contribution in [1.29, 1.82) is 0 Å². The number of carboxylic acid groups (broad SMARTS) is 1. The second kappa shape index (κ2) is 8.29. The zero-order valence-electron chi connectivity index (χ0n) is 12.7. The third kappa shape index (κ3) is 4.96. The Bertz CT molecular complexity index is 538. The van der Waals surface area contributed by atoms with Gasteiger partial charge < -0.3 is 15.5 Å². The van der Waals surface area contributed by atoms with Crippen molar-refractivity contribution in [1.82, 2.24) is 5.32 Å². The van der Waals surface area contributed by atoms with E-state index < -0.39 is 29.8 Å². The number of carbonyl (C=O) groups is 3. The lowest BCUT2D eigenvalue weighted by Gasteiger charge is -2.19. The highest BCUT2D eigenvalue weighted by molar-refractivity contribution is 6.04. The minimum absolute atomic E-state index is 0.249. The number of rotatable bonds is 8. The second-order valence-electron chi connectivity index (χ2n) is 5.13. The number of aliphatic hydroxyl groups is 1. The van der Waals surface area contributed by atoms with Crippen molar-refractivity contribution in [3.8, 4) is 0 Å². The van der Waals surface area contributed by atoms with Crippen molar-refractivity contribution in [2.45, 2.75) is 45.3 Å². The molecule has 0 aromatic heterocycles. The average molecular weight is 307 g/mol. The van der Waals surface area contributed by atoms with Crippen molar-refractivity contribution in [3.63, 3.8) is 0 Å². The molecule has 1 rings (SSSR count). The van der Waals surface area contributed by atoms with E-state index in [-0.39, 0.29) is 5.56 Å². The van der Waals surface area contributed by atoms with Crippen molar-refractivity contribution in [3.05, 3.63) is 35.4 Å². The molecule has 1 aromatic rings. The molecule has 6 nitrogen and oxygen atoms in total. The first-order valence-corrected chi connectivity index (χ1v) is 7.18. The van der Waals surface area contributed by atoms with Crippen molar-refractivity contribution >= 4 is 17.7 Å². The molecular formula is C16H21NO5. The number of carboxylic acids is 1. The van der Waals surface area contributed by atoms with E-state index in [0.717, 1.165) is 31.7 Å². The lowest BCUT2D eigenvalue weighted by Crippen LogP contribution is -2.51. The molecule has 3 N–H and O–H groups in total. The molecule has 0 radical (unpaired) electrons. The highest BCUT2D eigenvalue weighted by atomic mass is 16.4. The summed E-state index contributed by atoms with van der Waals surface area (Å²) in [5, 5.41) is 20.6. The zero-order valence-corrected chi connectivity index (χ0v) is 12.7. The monoisotopic (exact) mass is 307 g/mol. The average Bonchev–Trinajstić information content (AvgIpc) is 2.49. The maximum Gasteiger partial charge on any atom is 0.335 e. The van der Waals surface area contributed by atoms with Crippen LogP contribution in [0.2, 0.25) is 0 Å². The van der Waals surface area contributed by atoms with Crippen LogP contribution < -0.4 is 5.32 Å². The smallest absolute Gasteiger partial charge is 0.335 e. The summed E-state index contributed by atoms with van der Waals surface area (Å²) < 4.78 is 0. The summed E-state index contributed by atoms with van der Waals surface area (Å²) in [6.45, 7) is 3.24. The first kappa shape index (κ1) is 17.8. The number of carbonyl (C=O) groups excluding carboxylic acids is 2. The maximum absolute atomic E-state index is 12.3. The molecule has 2 atom stereocenters. The molecule has 1 aromatic carbocycles. The number of aryl methyl sites for hydroxylation is 1. The quantitative estimate of drug-likeness (QED) is 0.625. The van der Waals surface area contributed by atoms with Crippen LogP contribution in [0.3, 0.4) is 0 Å². The Labute approximate surface area is 129 Å². The number of unbranched alkanes of at least 4 members (excludes halogenated alkanes) is 1. The molecule has 6 heteroatoms. The van der Waals surface area contributed by atoms with Crippen molar-refractivity contribution in [2.75, 3.05) is 0 Å². The van der Waals surface area contributed by atoms with Gasteiger partial charge in [-0.15, -0.1) is 0 Å². The van der Waals surface area contributed by atoms with Gasteiger partial charge in [0.1, 0.15) is 6.04 Å². The number of aliphatic hydroxyl groups excluding tert-OH is 1. The molecule has 22 heavy (non-hydrogen) atoms. The van der Waals surface area contributed by atoms with Gasteiger partial charge in [0.05, 0.1) is 0 Å². The Morgan fingerprint density at radius 3 is 2.23 bits per heavy atom. The molecular weight excluding hydrogens is 286 g/mol. The number of amides is 1. The van der Waals surface area contributed by atoms with Crippen LogP contribution in [-0.2, 0) is 16.0 Å². The SMILES string of the molecule is CCCCc1ccc(C(=O)C(NC(C)=O)C(O)C(=O)O)cc1. The van der Waals surface area contributed by atoms with Crippen LogP contribution in [0.15, 0.2) is 24.3 Å². The Morgan fingerprint density at radius 2 is 1.77 bits per heavy atom. The topological polar surface area (TPSA) is 104 Å². The molecule has 0 bridgehead atoms. The van der Waals surface area contributed by atoms with Crippen LogP contribution in [0.25, 0.3) is 0 Å². The van der Waals surface area contributed by atoms with E-state index in [2.05, 4.69) is 12.2 Å². The van der Waals surface area contributed by atoms with Gasteiger partial charge in [-0.1, -0.05) is 37.6 Å². The fourth-order valence-electron chi connectivity index (χ4n) is 2.05. The number of hydrogen-bond acceptors (Lipinski definition) is 4. The van der Waals surface area contributed by atoms with E-state index in [1.165, 1.54) is 0 Å². The third-order valence-corrected chi connectivity index (χ3v) is 3.27. The summed E-state index contributed by atoms with van der Waals surface area (Å²) in [7, 11) is 0. The second-order valence-corrected chi connectivity index (χ2v) is 5.13. The third-order valence-electron chi connectivity index (χ3n) is 3.27. The van der Waals surface area contributed by atoms with Gasteiger partial charge in [0.15, 0.2) is 11.9 Å². The molecule has 120 valence electrons. The minimum Gasteiger partial charge on any atom is -0.479 e. The first-order valence-electron chi connectivity index (χ1n) is 7.18. The summed E-state index contributed by atoms with van der Waals surface area (Å²) in [6.07, 6.45) is 1.02. The van der Waals surface area contributed by atoms with Crippen LogP contribution in [0.5, 0.6) is 0 Å². The number of Topliss-reactive ketones (excluding diaryl/α,β-unsaturated/α-hetero) is 1. The first-order chi connectivity index (χ1) is 10.4. The van der Waals surface area contributed by atoms with Gasteiger partial charge in [-0.05, 0) is 18.4 Å². The molecule has 2 unspecified atom stereocenters. The molecule has 0 aliphatic rings. The summed E-state index contributed by atoms with van der Waals surface area (Å²) in [5.41, 5.74) is 1.33. The van der Waals surface area contributed by atoms with Gasteiger partial charge in [-0.25, -0.2) is 4.79 Å². The predicted molar refractivity (Wildman–Crippen MR) is 80.6 cm³/mol. The highest BCUT2D eigenvalue weighted by Gasteiger charge is 2.33. The van der Waals surface area contributed by atoms with Gasteiger partial charge in [0, 0.05) is 12.5 Å². The number of ketones is 1. The largest absolute Gasteiger partial charge is 0.479 e. The normalized spacial score (nSPS) is 13.2. The van der Waals surface area contributed by atoms with E-state index in [1.54, 1.807) is 24.3 Å². The number of benzene rings is 1. The summed E-state index contributed by atoms with van der Waals surface area (Å²) in [4.78, 5) is 34.3. The Balaban J connectivity index is 2.93. The van der Waals surface area contributed by atoms with Crippen LogP contribution in [0.1, 0.15) is 42.6 Å². The van der Waals surface area contributed by atoms with Gasteiger partial charge in [0.2, 0.25) is 5.91 Å². The van der Waals surface area contributed by atoms with Gasteiger partial charge >= 0.3 is 5.97 Å². The standard InChI is InChI=1S/C16H21NO5/c1-3-4-5-11-6-8-12(9-7-11)14(19)13(17-10(2)18)15(20)16(21)22/h6-9,13,15,20H,3-5H2,1-2H3,(H,17,18)(H,21,22). The Hall–Kier alpha value is -2.21. The molecule has 0 saturated heterocycles. The molecule has 1 amide bonds. The van der Waals surface area contributed by atoms with E-state index in [0.29, 0.717) is 0 Å². The Morgan fingerprint density at radius 1 is 1.18 bits per heavy atom. The lowest BCUT2D eigenvalue weighted by molar-refractivity contribution is -0.147. The molecule has 0 heterocycles. The summed E-state index contributed by atoms with van der Waals surface area (Å²) >= 11 is 0. The van der Waals surface area contributed by atoms with E-state index in [1.807, 2.05) is 0 Å². The summed E-state index contributed by atoms with van der Waals surface area (Å²) in [5.74, 6) is -2.78. The summed E-state index contributed by atoms with van der Waals surface area (Å²) in [6, 6.07) is 5.24. The fourth-order valence-corrected chi connectivity index (χ4v) is 2.05. The van der Waals surface area contributed by atoms with Gasteiger partial charge in [0.25, 0.3) is 0 Å². The van der Waals surface area contributed by atoms with Crippen LogP contribution in [0, 0.1) is 0 Å². The zero-order chi connectivity index (χ0) is 16.7. The number of nitrogens with one attached hydrogen (secondary N) is 1. The molecule has 0 saturated carbocycles. The van der Waals surface area contributed by atoms with Crippen LogP contribution in [0.4, 0.5) is 0 Å². The van der Waals surface area contributed by atoms with Crippen molar-refractivity contribution in [2.24, 2.45) is 0 Å². The lowest BCUT2D eigenvalue weighted by atomic mass is 9.97. The minimum atomic E-state index is -1.99. The Kier molecular flexibility index (Phi) is 6.72. The highest BCUT2D eigenvalue weighted by Crippen LogP contribution is 2.11. The van der Waals surface area contributed by atoms with E-state index >= 15 is 0 Å². The van der Waals surface area contributed by atoms with E-state index in [4.69, 9.17) is 5.11 Å². The molecule has 0 aliphatic heterocycles. The van der Waals surface area contributed by atoms with E-state index in [9.17, 15) is 19.5 Å². The fraction of sp³-hybridized carbons (Fsp3) is 0.438. The predicted octanol–water partition coefficient (Wildman–Crippen LogP) is 1.16. The maximum atomic E-state index is 12.3. The number of aliphatic carboxylic acids is 1. The molecule has 0 aliphatic carbocycles. The van der Waals surface area contributed by atoms with Crippen molar-refractivity contribution < 1.29 is 24.6 Å². The van der Waals surface area contributed by atoms with Gasteiger partial charge in [-0.2, -0.15) is 0 Å².